The minimum absolute atomic E-state index is 0.00944. The average molecular weight is 345 g/mol. The van der Waals surface area contributed by atoms with Crippen LogP contribution in [-0.4, -0.2) is 48.0 Å². The molecule has 2 aliphatic rings. The number of rotatable bonds is 8. The fourth-order valence-electron chi connectivity index (χ4n) is 3.60. The molecule has 0 spiro atoms. The molecule has 25 heavy (non-hydrogen) atoms. The summed E-state index contributed by atoms with van der Waals surface area (Å²) in [5.41, 5.74) is 1.09. The summed E-state index contributed by atoms with van der Waals surface area (Å²) in [6.45, 7) is 5.06. The molecule has 2 fully saturated rings. The van der Waals surface area contributed by atoms with Gasteiger partial charge < -0.3 is 15.0 Å². The molecule has 1 aromatic rings. The molecule has 1 N–H and O–H groups in total. The molecule has 2 amide bonds. The topological polar surface area (TPSA) is 71.5 Å². The summed E-state index contributed by atoms with van der Waals surface area (Å²) >= 11 is 0. The van der Waals surface area contributed by atoms with Gasteiger partial charge in [0.15, 0.2) is 0 Å². The van der Waals surface area contributed by atoms with Gasteiger partial charge in [0, 0.05) is 50.5 Å². The van der Waals surface area contributed by atoms with Gasteiger partial charge in [0.2, 0.25) is 11.8 Å². The molecule has 1 atom stereocenters. The lowest BCUT2D eigenvalue weighted by atomic mass is 9.69. The van der Waals surface area contributed by atoms with Crippen LogP contribution in [0.1, 0.15) is 38.2 Å². The van der Waals surface area contributed by atoms with Crippen molar-refractivity contribution in [3.05, 3.63) is 30.1 Å². The van der Waals surface area contributed by atoms with Crippen LogP contribution in [-0.2, 0) is 20.9 Å². The summed E-state index contributed by atoms with van der Waals surface area (Å²) < 4.78 is 5.58. The molecule has 1 aliphatic carbocycles. The van der Waals surface area contributed by atoms with Crippen molar-refractivity contribution in [3.63, 3.8) is 0 Å². The van der Waals surface area contributed by atoms with E-state index in [0.717, 1.165) is 18.4 Å². The van der Waals surface area contributed by atoms with Crippen LogP contribution in [0, 0.1) is 11.3 Å². The lowest BCUT2D eigenvalue weighted by molar-refractivity contribution is -0.129. The monoisotopic (exact) mass is 345 g/mol. The summed E-state index contributed by atoms with van der Waals surface area (Å²) in [5.74, 6) is -0.227. The molecule has 2 heterocycles. The van der Waals surface area contributed by atoms with Gasteiger partial charge in [-0.05, 0) is 31.4 Å². The van der Waals surface area contributed by atoms with Crippen molar-refractivity contribution >= 4 is 11.8 Å². The molecule has 0 bridgehead atoms. The van der Waals surface area contributed by atoms with Gasteiger partial charge in [0.25, 0.3) is 0 Å². The second-order valence-corrected chi connectivity index (χ2v) is 7.25. The second kappa shape index (κ2) is 7.95. The Morgan fingerprint density at radius 2 is 2.32 bits per heavy atom. The Morgan fingerprint density at radius 1 is 1.48 bits per heavy atom. The van der Waals surface area contributed by atoms with E-state index >= 15 is 0 Å². The highest BCUT2D eigenvalue weighted by atomic mass is 16.5. The van der Waals surface area contributed by atoms with Gasteiger partial charge in [-0.2, -0.15) is 0 Å². The molecule has 3 rings (SSSR count). The van der Waals surface area contributed by atoms with Crippen LogP contribution in [0.25, 0.3) is 0 Å². The molecule has 6 heteroatoms. The molecule has 6 nitrogen and oxygen atoms in total. The maximum absolute atomic E-state index is 12.5. The van der Waals surface area contributed by atoms with Gasteiger partial charge in [0.1, 0.15) is 0 Å². The van der Waals surface area contributed by atoms with Crippen LogP contribution < -0.4 is 5.32 Å². The van der Waals surface area contributed by atoms with Gasteiger partial charge in [-0.1, -0.05) is 12.5 Å². The van der Waals surface area contributed by atoms with Gasteiger partial charge >= 0.3 is 0 Å². The van der Waals surface area contributed by atoms with Crippen LogP contribution >= 0.6 is 0 Å². The number of ether oxygens (including phenoxy) is 1. The van der Waals surface area contributed by atoms with E-state index in [4.69, 9.17) is 4.74 Å². The second-order valence-electron chi connectivity index (χ2n) is 7.25. The first-order valence-electron chi connectivity index (χ1n) is 9.14. The predicted molar refractivity (Wildman–Crippen MR) is 93.5 cm³/mol. The maximum atomic E-state index is 12.5. The van der Waals surface area contributed by atoms with Crippen LogP contribution in [0.2, 0.25) is 0 Å². The highest BCUT2D eigenvalue weighted by Crippen LogP contribution is 2.40. The number of hydrogen-bond acceptors (Lipinski definition) is 4. The van der Waals surface area contributed by atoms with Crippen molar-refractivity contribution in [2.45, 2.75) is 39.2 Å². The van der Waals surface area contributed by atoms with Gasteiger partial charge in [-0.3, -0.25) is 14.6 Å². The fourth-order valence-corrected chi connectivity index (χ4v) is 3.60. The normalized spacial score (nSPS) is 21.9. The zero-order chi connectivity index (χ0) is 17.7. The first-order valence-corrected chi connectivity index (χ1v) is 9.14. The van der Waals surface area contributed by atoms with Crippen molar-refractivity contribution in [2.75, 3.05) is 26.3 Å². The van der Waals surface area contributed by atoms with Gasteiger partial charge in [0.05, 0.1) is 12.5 Å². The summed E-state index contributed by atoms with van der Waals surface area (Å²) in [5, 5.41) is 3.07. The number of amides is 2. The van der Waals surface area contributed by atoms with E-state index in [0.29, 0.717) is 39.3 Å². The SMILES string of the molecule is CCOCC1(CNC(=O)C2CC(=O)N(Cc3cccnc3)C2)CCC1. The summed E-state index contributed by atoms with van der Waals surface area (Å²) in [4.78, 5) is 30.5. The number of pyridine rings is 1. The van der Waals surface area contributed by atoms with E-state index in [9.17, 15) is 9.59 Å². The molecule has 1 aromatic heterocycles. The third-order valence-corrected chi connectivity index (χ3v) is 5.35. The predicted octanol–water partition coefficient (Wildman–Crippen LogP) is 1.75. The summed E-state index contributed by atoms with van der Waals surface area (Å²) in [6, 6.07) is 3.80. The highest BCUT2D eigenvalue weighted by Gasteiger charge is 2.39. The zero-order valence-electron chi connectivity index (χ0n) is 14.9. The largest absolute Gasteiger partial charge is 0.381 e. The first kappa shape index (κ1) is 17.9. The number of carbonyl (C=O) groups is 2. The molecular formula is C19H27N3O3. The number of hydrogen-bond donors (Lipinski definition) is 1. The molecular weight excluding hydrogens is 318 g/mol. The van der Waals surface area contributed by atoms with E-state index in [1.807, 2.05) is 19.1 Å². The summed E-state index contributed by atoms with van der Waals surface area (Å²) in [6.07, 6.45) is 7.17. The van der Waals surface area contributed by atoms with Gasteiger partial charge in [-0.15, -0.1) is 0 Å². The number of nitrogens with one attached hydrogen (secondary N) is 1. The minimum Gasteiger partial charge on any atom is -0.381 e. The highest BCUT2D eigenvalue weighted by molar-refractivity contribution is 5.89. The van der Waals surface area contributed by atoms with Crippen molar-refractivity contribution in [2.24, 2.45) is 11.3 Å². The number of nitrogens with zero attached hydrogens (tertiary/aromatic N) is 2. The molecule has 1 unspecified atom stereocenters. The van der Waals surface area contributed by atoms with Crippen molar-refractivity contribution in [1.29, 1.82) is 0 Å². The quantitative estimate of drug-likeness (QED) is 0.779. The number of likely N-dealkylation sites (tertiary alicyclic amines) is 1. The maximum Gasteiger partial charge on any atom is 0.225 e. The van der Waals surface area contributed by atoms with E-state index in [1.54, 1.807) is 17.3 Å². The number of carbonyl (C=O) groups excluding carboxylic acids is 2. The zero-order valence-corrected chi connectivity index (χ0v) is 14.9. The Labute approximate surface area is 148 Å². The van der Waals surface area contributed by atoms with E-state index in [1.165, 1.54) is 6.42 Å². The molecule has 0 aromatic carbocycles. The fraction of sp³-hybridized carbons (Fsp3) is 0.632. The van der Waals surface area contributed by atoms with Gasteiger partial charge in [-0.25, -0.2) is 0 Å². The molecule has 1 aliphatic heterocycles. The van der Waals surface area contributed by atoms with Crippen molar-refractivity contribution < 1.29 is 14.3 Å². The number of aromatic nitrogens is 1. The lowest BCUT2D eigenvalue weighted by Gasteiger charge is -2.41. The Hall–Kier alpha value is -1.95. The average Bonchev–Trinajstić information content (AvgIpc) is 2.95. The molecule has 1 saturated carbocycles. The Morgan fingerprint density at radius 3 is 2.96 bits per heavy atom. The molecule has 136 valence electrons. The molecule has 1 saturated heterocycles. The van der Waals surface area contributed by atoms with E-state index in [2.05, 4.69) is 10.3 Å². The van der Waals surface area contributed by atoms with E-state index in [-0.39, 0.29) is 23.1 Å². The third-order valence-electron chi connectivity index (χ3n) is 5.35. The van der Waals surface area contributed by atoms with Crippen LogP contribution in [0.4, 0.5) is 0 Å². The van der Waals surface area contributed by atoms with Crippen LogP contribution in [0.3, 0.4) is 0 Å². The summed E-state index contributed by atoms with van der Waals surface area (Å²) in [7, 11) is 0. The standard InChI is InChI=1S/C19H27N3O3/c1-2-25-14-19(6-4-7-19)13-21-18(24)16-9-17(23)22(12-16)11-15-5-3-8-20-10-15/h3,5,8,10,16H,2,4,6-7,9,11-14H2,1H3,(H,21,24). The molecule has 0 radical (unpaired) electrons. The lowest BCUT2D eigenvalue weighted by Crippen LogP contribution is -2.46. The Bertz CT molecular complexity index is 601. The van der Waals surface area contributed by atoms with E-state index < -0.39 is 0 Å². The third kappa shape index (κ3) is 4.37. The van der Waals surface area contributed by atoms with Crippen molar-refractivity contribution in [1.82, 2.24) is 15.2 Å². The van der Waals surface area contributed by atoms with Crippen LogP contribution in [0.5, 0.6) is 0 Å². The smallest absolute Gasteiger partial charge is 0.225 e. The Balaban J connectivity index is 1.49. The van der Waals surface area contributed by atoms with Crippen molar-refractivity contribution in [3.8, 4) is 0 Å². The first-order chi connectivity index (χ1) is 12.1. The minimum atomic E-state index is -0.256. The van der Waals surface area contributed by atoms with Crippen LogP contribution in [0.15, 0.2) is 24.5 Å². The Kier molecular flexibility index (Phi) is 5.68.